The van der Waals surface area contributed by atoms with E-state index in [9.17, 15) is 9.59 Å². The molecule has 0 bridgehead atoms. The minimum atomic E-state index is -0.723. The number of aromatic nitrogens is 2. The third-order valence-electron chi connectivity index (χ3n) is 5.52. The van der Waals surface area contributed by atoms with Gasteiger partial charge in [-0.05, 0) is 44.7 Å². The first-order valence-electron chi connectivity index (χ1n) is 10.1. The minimum Gasteiger partial charge on any atom is -0.466 e. The first kappa shape index (κ1) is 20.8. The number of likely N-dealkylation sites (tertiary alicyclic amines) is 1. The number of carbonyl (C=O) groups excluding carboxylic acids is 2. The first-order chi connectivity index (χ1) is 13.9. The molecule has 1 aliphatic heterocycles. The van der Waals surface area contributed by atoms with E-state index < -0.39 is 5.41 Å². The number of carbonyl (C=O) groups is 2. The summed E-state index contributed by atoms with van der Waals surface area (Å²) in [6.07, 6.45) is 6.03. The second-order valence-corrected chi connectivity index (χ2v) is 7.64. The topological polar surface area (TPSA) is 64.4 Å². The van der Waals surface area contributed by atoms with Crippen LogP contribution in [-0.2, 0) is 16.6 Å². The Morgan fingerprint density at radius 2 is 2.03 bits per heavy atom. The third-order valence-corrected chi connectivity index (χ3v) is 5.52. The molecule has 1 saturated heterocycles. The number of esters is 1. The van der Waals surface area contributed by atoms with Gasteiger partial charge in [-0.3, -0.25) is 14.3 Å². The summed E-state index contributed by atoms with van der Waals surface area (Å²) in [6.45, 7) is 5.03. The van der Waals surface area contributed by atoms with Crippen molar-refractivity contribution < 1.29 is 14.3 Å². The summed E-state index contributed by atoms with van der Waals surface area (Å²) in [5, 5.41) is 4.31. The maximum atomic E-state index is 13.0. The Hall–Kier alpha value is -2.89. The maximum Gasteiger partial charge on any atom is 0.314 e. The number of amides is 1. The van der Waals surface area contributed by atoms with Crippen LogP contribution >= 0.6 is 0 Å². The van der Waals surface area contributed by atoms with E-state index in [1.165, 1.54) is 0 Å². The highest BCUT2D eigenvalue weighted by atomic mass is 16.5. The molecule has 0 saturated carbocycles. The van der Waals surface area contributed by atoms with Crippen LogP contribution in [-0.4, -0.2) is 46.3 Å². The lowest BCUT2D eigenvalue weighted by molar-refractivity contribution is -0.158. The molecule has 1 unspecified atom stereocenters. The minimum absolute atomic E-state index is 0.130. The van der Waals surface area contributed by atoms with Gasteiger partial charge in [0.25, 0.3) is 5.91 Å². The standard InChI is InChI=1S/C23H29N3O3/c1-4-29-22(28)23(13-8-12-19-10-6-5-7-11-19)14-9-15-26(17-23)21(27)20-16-18(2)25(3)24-20/h5-8,10-12,16H,4,9,13-15,17H2,1-3H3/b12-8+. The van der Waals surface area contributed by atoms with Crippen LogP contribution in [0.4, 0.5) is 0 Å². The molecule has 0 spiro atoms. The lowest BCUT2D eigenvalue weighted by atomic mass is 9.76. The zero-order chi connectivity index (χ0) is 20.9. The number of hydrogen-bond donors (Lipinski definition) is 0. The normalized spacial score (nSPS) is 19.5. The molecule has 0 radical (unpaired) electrons. The van der Waals surface area contributed by atoms with E-state index in [1.54, 1.807) is 15.6 Å². The van der Waals surface area contributed by atoms with Gasteiger partial charge in [0.2, 0.25) is 0 Å². The number of rotatable bonds is 6. The summed E-state index contributed by atoms with van der Waals surface area (Å²) in [6, 6.07) is 11.8. The van der Waals surface area contributed by atoms with Crippen molar-refractivity contribution >= 4 is 18.0 Å². The fourth-order valence-electron chi connectivity index (χ4n) is 3.82. The number of aryl methyl sites for hydroxylation is 2. The number of benzene rings is 1. The number of piperidine rings is 1. The van der Waals surface area contributed by atoms with Crippen molar-refractivity contribution in [1.82, 2.24) is 14.7 Å². The van der Waals surface area contributed by atoms with Crippen molar-refractivity contribution in [1.29, 1.82) is 0 Å². The molecule has 0 N–H and O–H groups in total. The van der Waals surface area contributed by atoms with E-state index >= 15 is 0 Å². The van der Waals surface area contributed by atoms with Crippen LogP contribution in [0.25, 0.3) is 6.08 Å². The molecular formula is C23H29N3O3. The zero-order valence-corrected chi connectivity index (χ0v) is 17.4. The average Bonchev–Trinajstić information content (AvgIpc) is 3.07. The summed E-state index contributed by atoms with van der Waals surface area (Å²) >= 11 is 0. The predicted octanol–water partition coefficient (Wildman–Crippen LogP) is 3.62. The molecule has 2 aromatic rings. The molecular weight excluding hydrogens is 366 g/mol. The van der Waals surface area contributed by atoms with Crippen LogP contribution < -0.4 is 0 Å². The lowest BCUT2D eigenvalue weighted by Crippen LogP contribution is -2.50. The zero-order valence-electron chi connectivity index (χ0n) is 17.4. The average molecular weight is 396 g/mol. The largest absolute Gasteiger partial charge is 0.466 e. The summed E-state index contributed by atoms with van der Waals surface area (Å²) in [5.74, 6) is -0.360. The van der Waals surface area contributed by atoms with E-state index in [4.69, 9.17) is 4.74 Å². The Balaban J connectivity index is 1.80. The molecule has 0 aliphatic carbocycles. The van der Waals surface area contributed by atoms with E-state index in [0.29, 0.717) is 38.2 Å². The Morgan fingerprint density at radius 1 is 1.28 bits per heavy atom. The smallest absolute Gasteiger partial charge is 0.314 e. The SMILES string of the molecule is CCOC(=O)C1(C/C=C/c2ccccc2)CCCN(C(=O)c2cc(C)n(C)n2)C1. The van der Waals surface area contributed by atoms with Crippen molar-refractivity contribution in [2.75, 3.05) is 19.7 Å². The van der Waals surface area contributed by atoms with Crippen molar-refractivity contribution in [2.45, 2.75) is 33.1 Å². The summed E-state index contributed by atoms with van der Waals surface area (Å²) < 4.78 is 7.11. The molecule has 1 aromatic carbocycles. The second-order valence-electron chi connectivity index (χ2n) is 7.64. The number of hydrogen-bond acceptors (Lipinski definition) is 4. The van der Waals surface area contributed by atoms with Crippen LogP contribution in [0.15, 0.2) is 42.5 Å². The van der Waals surface area contributed by atoms with Crippen LogP contribution in [0, 0.1) is 12.3 Å². The van der Waals surface area contributed by atoms with Gasteiger partial charge in [0, 0.05) is 25.8 Å². The van der Waals surface area contributed by atoms with Crippen molar-refractivity contribution in [3.63, 3.8) is 0 Å². The van der Waals surface area contributed by atoms with E-state index in [-0.39, 0.29) is 11.9 Å². The molecule has 1 fully saturated rings. The van der Waals surface area contributed by atoms with Gasteiger partial charge in [0.15, 0.2) is 5.69 Å². The highest BCUT2D eigenvalue weighted by Gasteiger charge is 2.44. The molecule has 29 heavy (non-hydrogen) atoms. The number of nitrogens with zero attached hydrogens (tertiary/aromatic N) is 3. The van der Waals surface area contributed by atoms with Gasteiger partial charge >= 0.3 is 5.97 Å². The fraction of sp³-hybridized carbons (Fsp3) is 0.435. The van der Waals surface area contributed by atoms with Gasteiger partial charge < -0.3 is 9.64 Å². The molecule has 6 nitrogen and oxygen atoms in total. The van der Waals surface area contributed by atoms with Crippen molar-refractivity contribution in [2.24, 2.45) is 12.5 Å². The first-order valence-corrected chi connectivity index (χ1v) is 10.1. The van der Waals surface area contributed by atoms with E-state index in [1.807, 2.05) is 63.4 Å². The van der Waals surface area contributed by atoms with E-state index in [0.717, 1.165) is 17.7 Å². The highest BCUT2D eigenvalue weighted by molar-refractivity contribution is 5.93. The van der Waals surface area contributed by atoms with Crippen molar-refractivity contribution in [3.8, 4) is 0 Å². The van der Waals surface area contributed by atoms with E-state index in [2.05, 4.69) is 5.10 Å². The molecule has 6 heteroatoms. The maximum absolute atomic E-state index is 13.0. The Bertz CT molecular complexity index is 869. The van der Waals surface area contributed by atoms with Gasteiger partial charge in [0.1, 0.15) is 0 Å². The highest BCUT2D eigenvalue weighted by Crippen LogP contribution is 2.36. The fourth-order valence-corrected chi connectivity index (χ4v) is 3.82. The van der Waals surface area contributed by atoms with Gasteiger partial charge in [-0.25, -0.2) is 0 Å². The van der Waals surface area contributed by atoms with Crippen LogP contribution in [0.3, 0.4) is 0 Å². The van der Waals surface area contributed by atoms with Gasteiger partial charge in [-0.2, -0.15) is 5.10 Å². The molecule has 1 aromatic heterocycles. The lowest BCUT2D eigenvalue weighted by Gasteiger charge is -2.40. The second kappa shape index (κ2) is 9.07. The molecule has 154 valence electrons. The molecule has 1 amide bonds. The monoisotopic (exact) mass is 395 g/mol. The van der Waals surface area contributed by atoms with Crippen LogP contribution in [0.2, 0.25) is 0 Å². The molecule has 1 atom stereocenters. The van der Waals surface area contributed by atoms with Crippen molar-refractivity contribution in [3.05, 3.63) is 59.4 Å². The van der Waals surface area contributed by atoms with Gasteiger partial charge in [0.05, 0.1) is 12.0 Å². The predicted molar refractivity (Wildman–Crippen MR) is 112 cm³/mol. The molecule has 2 heterocycles. The van der Waals surface area contributed by atoms with Crippen LogP contribution in [0.5, 0.6) is 0 Å². The quantitative estimate of drug-likeness (QED) is 0.701. The van der Waals surface area contributed by atoms with Gasteiger partial charge in [-0.15, -0.1) is 0 Å². The number of allylic oxidation sites excluding steroid dienone is 1. The molecule has 1 aliphatic rings. The Labute approximate surface area is 172 Å². The Kier molecular flexibility index (Phi) is 6.52. The van der Waals surface area contributed by atoms with Crippen LogP contribution in [0.1, 0.15) is 47.9 Å². The summed E-state index contributed by atoms with van der Waals surface area (Å²) in [4.78, 5) is 27.7. The summed E-state index contributed by atoms with van der Waals surface area (Å²) in [5.41, 5.74) is 1.70. The molecule has 3 rings (SSSR count). The van der Waals surface area contributed by atoms with Gasteiger partial charge in [-0.1, -0.05) is 42.5 Å². The Morgan fingerprint density at radius 3 is 2.69 bits per heavy atom. The number of ether oxygens (including phenoxy) is 1. The third kappa shape index (κ3) is 4.75. The summed E-state index contributed by atoms with van der Waals surface area (Å²) in [7, 11) is 1.82.